The van der Waals surface area contributed by atoms with Gasteiger partial charge in [0.2, 0.25) is 0 Å². The molecular formula is C16H19ClN2. The Morgan fingerprint density at radius 1 is 1.11 bits per heavy atom. The van der Waals surface area contributed by atoms with Crippen molar-refractivity contribution < 1.29 is 0 Å². The maximum atomic E-state index is 6.11. The van der Waals surface area contributed by atoms with Crippen molar-refractivity contribution in [2.45, 2.75) is 33.7 Å². The van der Waals surface area contributed by atoms with Gasteiger partial charge >= 0.3 is 0 Å². The number of anilines is 1. The van der Waals surface area contributed by atoms with Gasteiger partial charge in [-0.3, -0.25) is 0 Å². The normalized spacial score (nSPS) is 12.3. The SMILES string of the molecule is Cc1cnc(Cl)c(NC(C)c2ccc(C)c(C)c2)c1. The minimum absolute atomic E-state index is 0.195. The molecule has 1 heterocycles. The van der Waals surface area contributed by atoms with Crippen LogP contribution in [0.5, 0.6) is 0 Å². The molecule has 1 N–H and O–H groups in total. The Morgan fingerprint density at radius 3 is 2.53 bits per heavy atom. The van der Waals surface area contributed by atoms with E-state index in [-0.39, 0.29) is 6.04 Å². The highest BCUT2D eigenvalue weighted by molar-refractivity contribution is 6.31. The van der Waals surface area contributed by atoms with Crippen molar-refractivity contribution in [1.82, 2.24) is 4.98 Å². The topological polar surface area (TPSA) is 24.9 Å². The lowest BCUT2D eigenvalue weighted by Gasteiger charge is -2.17. The monoisotopic (exact) mass is 274 g/mol. The van der Waals surface area contributed by atoms with Crippen molar-refractivity contribution in [2.75, 3.05) is 5.32 Å². The van der Waals surface area contributed by atoms with E-state index in [9.17, 15) is 0 Å². The fourth-order valence-corrected chi connectivity index (χ4v) is 2.16. The summed E-state index contributed by atoms with van der Waals surface area (Å²) in [6, 6.07) is 8.73. The third-order valence-electron chi connectivity index (χ3n) is 3.38. The molecule has 0 bridgehead atoms. The first-order valence-electron chi connectivity index (χ1n) is 6.43. The van der Waals surface area contributed by atoms with Crippen molar-refractivity contribution in [1.29, 1.82) is 0 Å². The predicted octanol–water partition coefficient (Wildman–Crippen LogP) is 4.83. The number of hydrogen-bond donors (Lipinski definition) is 1. The maximum Gasteiger partial charge on any atom is 0.152 e. The third kappa shape index (κ3) is 3.27. The largest absolute Gasteiger partial charge is 0.376 e. The van der Waals surface area contributed by atoms with Crippen molar-refractivity contribution in [3.05, 3.63) is 57.9 Å². The van der Waals surface area contributed by atoms with Gasteiger partial charge in [0.15, 0.2) is 5.15 Å². The van der Waals surface area contributed by atoms with E-state index < -0.39 is 0 Å². The number of hydrogen-bond acceptors (Lipinski definition) is 2. The summed E-state index contributed by atoms with van der Waals surface area (Å²) in [6.07, 6.45) is 1.77. The Balaban J connectivity index is 2.22. The fraction of sp³-hybridized carbons (Fsp3) is 0.312. The first-order valence-corrected chi connectivity index (χ1v) is 6.81. The Kier molecular flexibility index (Phi) is 4.11. The zero-order valence-corrected chi connectivity index (χ0v) is 12.5. The fourth-order valence-electron chi connectivity index (χ4n) is 2.00. The van der Waals surface area contributed by atoms with Crippen LogP contribution in [0.4, 0.5) is 5.69 Å². The molecular weight excluding hydrogens is 256 g/mol. The minimum atomic E-state index is 0.195. The molecule has 0 spiro atoms. The van der Waals surface area contributed by atoms with Crippen molar-refractivity contribution in [3.8, 4) is 0 Å². The van der Waals surface area contributed by atoms with E-state index in [1.807, 2.05) is 13.0 Å². The lowest BCUT2D eigenvalue weighted by atomic mass is 10.0. The maximum absolute atomic E-state index is 6.11. The van der Waals surface area contributed by atoms with Crippen LogP contribution in [0.25, 0.3) is 0 Å². The number of nitrogens with one attached hydrogen (secondary N) is 1. The number of nitrogens with zero attached hydrogens (tertiary/aromatic N) is 1. The molecule has 3 heteroatoms. The highest BCUT2D eigenvalue weighted by atomic mass is 35.5. The second-order valence-electron chi connectivity index (χ2n) is 5.06. The molecule has 1 aromatic heterocycles. The molecule has 1 unspecified atom stereocenters. The van der Waals surface area contributed by atoms with Crippen LogP contribution in [-0.2, 0) is 0 Å². The molecule has 2 rings (SSSR count). The summed E-state index contributed by atoms with van der Waals surface area (Å²) in [5.41, 5.74) is 5.85. The van der Waals surface area contributed by atoms with Gasteiger partial charge < -0.3 is 5.32 Å². The number of halogens is 1. The number of pyridine rings is 1. The van der Waals surface area contributed by atoms with Gasteiger partial charge in [-0.1, -0.05) is 29.8 Å². The van der Waals surface area contributed by atoms with E-state index >= 15 is 0 Å². The second-order valence-corrected chi connectivity index (χ2v) is 5.42. The first-order chi connectivity index (χ1) is 8.97. The van der Waals surface area contributed by atoms with Gasteiger partial charge in [0.05, 0.1) is 5.69 Å². The average Bonchev–Trinajstić information content (AvgIpc) is 2.37. The van der Waals surface area contributed by atoms with Crippen molar-refractivity contribution in [2.24, 2.45) is 0 Å². The summed E-state index contributed by atoms with van der Waals surface area (Å²) in [6.45, 7) is 8.39. The molecule has 0 radical (unpaired) electrons. The highest BCUT2D eigenvalue weighted by Gasteiger charge is 2.09. The first kappa shape index (κ1) is 13.9. The van der Waals surface area contributed by atoms with Crippen LogP contribution in [0, 0.1) is 20.8 Å². The minimum Gasteiger partial charge on any atom is -0.376 e. The van der Waals surface area contributed by atoms with Crippen LogP contribution in [0.3, 0.4) is 0 Å². The van der Waals surface area contributed by atoms with Crippen LogP contribution in [0.15, 0.2) is 30.5 Å². The van der Waals surface area contributed by atoms with Gasteiger partial charge in [0.25, 0.3) is 0 Å². The Hall–Kier alpha value is -1.54. The van der Waals surface area contributed by atoms with Crippen LogP contribution in [0.2, 0.25) is 5.15 Å². The summed E-state index contributed by atoms with van der Waals surface area (Å²) in [7, 11) is 0. The zero-order chi connectivity index (χ0) is 14.0. The number of aryl methyl sites for hydroxylation is 3. The van der Waals surface area contributed by atoms with Crippen LogP contribution < -0.4 is 5.32 Å². The summed E-state index contributed by atoms with van der Waals surface area (Å²) < 4.78 is 0. The third-order valence-corrected chi connectivity index (χ3v) is 3.68. The van der Waals surface area contributed by atoms with Crippen LogP contribution in [0.1, 0.15) is 35.2 Å². The predicted molar refractivity (Wildman–Crippen MR) is 81.9 cm³/mol. The Labute approximate surface area is 119 Å². The molecule has 0 aliphatic carbocycles. The summed E-state index contributed by atoms with van der Waals surface area (Å²) >= 11 is 6.11. The molecule has 0 fully saturated rings. The van der Waals surface area contributed by atoms with E-state index in [1.165, 1.54) is 16.7 Å². The molecule has 0 aliphatic heterocycles. The van der Waals surface area contributed by atoms with Gasteiger partial charge in [-0.05, 0) is 56.0 Å². The Morgan fingerprint density at radius 2 is 1.84 bits per heavy atom. The van der Waals surface area contributed by atoms with Crippen LogP contribution in [-0.4, -0.2) is 4.98 Å². The molecule has 0 saturated carbocycles. The van der Waals surface area contributed by atoms with Crippen molar-refractivity contribution >= 4 is 17.3 Å². The van der Waals surface area contributed by atoms with Crippen LogP contribution >= 0.6 is 11.6 Å². The average molecular weight is 275 g/mol. The summed E-state index contributed by atoms with van der Waals surface area (Å²) in [4.78, 5) is 4.16. The molecule has 0 aliphatic rings. The molecule has 0 saturated heterocycles. The number of rotatable bonds is 3. The second kappa shape index (κ2) is 5.62. The zero-order valence-electron chi connectivity index (χ0n) is 11.8. The van der Waals surface area contributed by atoms with E-state index in [1.54, 1.807) is 6.20 Å². The summed E-state index contributed by atoms with van der Waals surface area (Å²) in [5.74, 6) is 0. The molecule has 1 aromatic carbocycles. The van der Waals surface area contributed by atoms with E-state index in [0.29, 0.717) is 5.15 Å². The van der Waals surface area contributed by atoms with Gasteiger partial charge in [0.1, 0.15) is 0 Å². The van der Waals surface area contributed by atoms with E-state index in [4.69, 9.17) is 11.6 Å². The smallest absolute Gasteiger partial charge is 0.152 e. The molecule has 2 nitrogen and oxygen atoms in total. The molecule has 1 atom stereocenters. The van der Waals surface area contributed by atoms with Gasteiger partial charge in [-0.25, -0.2) is 4.98 Å². The molecule has 100 valence electrons. The van der Waals surface area contributed by atoms with Gasteiger partial charge in [0, 0.05) is 12.2 Å². The van der Waals surface area contributed by atoms with E-state index in [0.717, 1.165) is 11.3 Å². The lowest BCUT2D eigenvalue weighted by Crippen LogP contribution is -2.08. The highest BCUT2D eigenvalue weighted by Crippen LogP contribution is 2.26. The standard InChI is InChI=1S/C16H19ClN2/c1-10-7-15(16(17)18-9-10)19-13(4)14-6-5-11(2)12(3)8-14/h5-9,13,19H,1-4H3. The van der Waals surface area contributed by atoms with E-state index in [2.05, 4.69) is 49.3 Å². The molecule has 0 amide bonds. The molecule has 19 heavy (non-hydrogen) atoms. The van der Waals surface area contributed by atoms with Gasteiger partial charge in [-0.15, -0.1) is 0 Å². The quantitative estimate of drug-likeness (QED) is 0.811. The van der Waals surface area contributed by atoms with Gasteiger partial charge in [-0.2, -0.15) is 0 Å². The number of aromatic nitrogens is 1. The number of benzene rings is 1. The Bertz CT molecular complexity index is 593. The lowest BCUT2D eigenvalue weighted by molar-refractivity contribution is 0.879. The van der Waals surface area contributed by atoms with Crippen molar-refractivity contribution in [3.63, 3.8) is 0 Å². The molecule has 2 aromatic rings. The summed E-state index contributed by atoms with van der Waals surface area (Å²) in [5, 5.41) is 3.93.